The van der Waals surface area contributed by atoms with Gasteiger partial charge in [-0.05, 0) is 12.8 Å². The zero-order valence-corrected chi connectivity index (χ0v) is 7.97. The molecule has 0 aromatic rings. The molecular weight excluding hydrogens is 152 g/mol. The van der Waals surface area contributed by atoms with Crippen molar-refractivity contribution >= 4 is 5.84 Å². The van der Waals surface area contributed by atoms with Crippen molar-refractivity contribution in [1.82, 2.24) is 4.90 Å². The van der Waals surface area contributed by atoms with E-state index in [0.717, 1.165) is 26.0 Å². The van der Waals surface area contributed by atoms with Crippen molar-refractivity contribution in [3.8, 4) is 0 Å². The first-order chi connectivity index (χ1) is 5.74. The Hall–Kier alpha value is -0.570. The maximum atomic E-state index is 7.58. The van der Waals surface area contributed by atoms with Crippen molar-refractivity contribution in [3.05, 3.63) is 0 Å². The Labute approximate surface area is 74.2 Å². The molecule has 1 aliphatic heterocycles. The molecule has 0 saturated carbocycles. The van der Waals surface area contributed by atoms with Crippen LogP contribution >= 0.6 is 0 Å². The Bertz CT molecular complexity index is 153. The van der Waals surface area contributed by atoms with E-state index in [4.69, 9.17) is 10.1 Å². The summed E-state index contributed by atoms with van der Waals surface area (Å²) >= 11 is 0. The monoisotopic (exact) mass is 170 g/mol. The van der Waals surface area contributed by atoms with Crippen molar-refractivity contribution in [3.63, 3.8) is 0 Å². The summed E-state index contributed by atoms with van der Waals surface area (Å²) in [6, 6.07) is 0. The van der Waals surface area contributed by atoms with Gasteiger partial charge in [0.05, 0.1) is 11.9 Å². The topological polar surface area (TPSA) is 36.3 Å². The van der Waals surface area contributed by atoms with Crippen molar-refractivity contribution in [2.24, 2.45) is 0 Å². The van der Waals surface area contributed by atoms with E-state index in [1.165, 1.54) is 6.42 Å². The summed E-state index contributed by atoms with van der Waals surface area (Å²) in [5.74, 6) is 0.700. The van der Waals surface area contributed by atoms with Crippen molar-refractivity contribution in [2.45, 2.75) is 32.3 Å². The minimum Gasteiger partial charge on any atom is -0.376 e. The van der Waals surface area contributed by atoms with Gasteiger partial charge in [-0.1, -0.05) is 6.92 Å². The number of hydrogen-bond donors (Lipinski definition) is 1. The van der Waals surface area contributed by atoms with Crippen LogP contribution < -0.4 is 0 Å². The van der Waals surface area contributed by atoms with Gasteiger partial charge in [0.25, 0.3) is 0 Å². The Morgan fingerprint density at radius 1 is 1.67 bits per heavy atom. The summed E-state index contributed by atoms with van der Waals surface area (Å²) in [6.45, 7) is 3.79. The van der Waals surface area contributed by atoms with Crippen LogP contribution in [0.15, 0.2) is 0 Å². The maximum absolute atomic E-state index is 7.58. The van der Waals surface area contributed by atoms with Gasteiger partial charge in [-0.3, -0.25) is 5.41 Å². The highest BCUT2D eigenvalue weighted by atomic mass is 16.5. The average molecular weight is 170 g/mol. The molecule has 1 aliphatic rings. The van der Waals surface area contributed by atoms with E-state index in [2.05, 4.69) is 0 Å². The van der Waals surface area contributed by atoms with Crippen molar-refractivity contribution in [2.75, 3.05) is 20.2 Å². The Kier molecular flexibility index (Phi) is 3.53. The van der Waals surface area contributed by atoms with Gasteiger partial charge < -0.3 is 9.64 Å². The van der Waals surface area contributed by atoms with Gasteiger partial charge in [0, 0.05) is 26.6 Å². The summed E-state index contributed by atoms with van der Waals surface area (Å²) < 4.78 is 5.48. The summed E-state index contributed by atoms with van der Waals surface area (Å²) in [5, 5.41) is 7.58. The lowest BCUT2D eigenvalue weighted by atomic mass is 10.2. The molecule has 70 valence electrons. The van der Waals surface area contributed by atoms with Crippen LogP contribution in [0.3, 0.4) is 0 Å². The van der Waals surface area contributed by atoms with E-state index in [0.29, 0.717) is 11.9 Å². The number of rotatable bonds is 3. The van der Waals surface area contributed by atoms with E-state index in [1.54, 1.807) is 0 Å². The molecule has 0 aromatic carbocycles. The molecule has 1 fully saturated rings. The van der Waals surface area contributed by atoms with Crippen LogP contribution in [-0.2, 0) is 4.74 Å². The summed E-state index contributed by atoms with van der Waals surface area (Å²) in [7, 11) is 1.97. The molecule has 1 atom stereocenters. The van der Waals surface area contributed by atoms with Gasteiger partial charge in [0.1, 0.15) is 0 Å². The van der Waals surface area contributed by atoms with Crippen LogP contribution in [0, 0.1) is 5.41 Å². The molecule has 0 spiro atoms. The number of nitrogens with zero attached hydrogens (tertiary/aromatic N) is 1. The fraction of sp³-hybridized carbons (Fsp3) is 0.889. The Morgan fingerprint density at radius 3 is 2.92 bits per heavy atom. The molecule has 3 nitrogen and oxygen atoms in total. The lowest BCUT2D eigenvalue weighted by molar-refractivity contribution is 0.0954. The lowest BCUT2D eigenvalue weighted by Crippen LogP contribution is -2.33. The summed E-state index contributed by atoms with van der Waals surface area (Å²) in [6.07, 6.45) is 3.50. The highest BCUT2D eigenvalue weighted by Crippen LogP contribution is 2.12. The van der Waals surface area contributed by atoms with Crippen LogP contribution in [0.5, 0.6) is 0 Å². The van der Waals surface area contributed by atoms with Crippen molar-refractivity contribution in [1.29, 1.82) is 5.41 Å². The first-order valence-corrected chi connectivity index (χ1v) is 4.64. The fourth-order valence-corrected chi connectivity index (χ4v) is 1.47. The lowest BCUT2D eigenvalue weighted by Gasteiger charge is -2.22. The maximum Gasteiger partial charge on any atom is 0.0953 e. The van der Waals surface area contributed by atoms with Crippen LogP contribution in [0.4, 0.5) is 0 Å². The van der Waals surface area contributed by atoms with Gasteiger partial charge in [-0.25, -0.2) is 0 Å². The summed E-state index contributed by atoms with van der Waals surface area (Å²) in [4.78, 5) is 1.98. The zero-order valence-electron chi connectivity index (χ0n) is 7.97. The van der Waals surface area contributed by atoms with E-state index in [-0.39, 0.29) is 0 Å². The molecule has 1 N–H and O–H groups in total. The van der Waals surface area contributed by atoms with E-state index < -0.39 is 0 Å². The number of nitrogens with one attached hydrogen (secondary N) is 1. The standard InChI is InChI=1S/C9H18N2O/c1-3-9(10)11(2)7-8-5-4-6-12-8/h8,10H,3-7H2,1-2H3. The summed E-state index contributed by atoms with van der Waals surface area (Å²) in [5.41, 5.74) is 0. The Balaban J connectivity index is 2.24. The average Bonchev–Trinajstić information content (AvgIpc) is 2.55. The third kappa shape index (κ3) is 2.48. The second kappa shape index (κ2) is 4.45. The molecule has 1 heterocycles. The van der Waals surface area contributed by atoms with Gasteiger partial charge in [0.2, 0.25) is 0 Å². The van der Waals surface area contributed by atoms with Crippen molar-refractivity contribution < 1.29 is 4.74 Å². The molecule has 1 unspecified atom stereocenters. The predicted molar refractivity (Wildman–Crippen MR) is 49.6 cm³/mol. The highest BCUT2D eigenvalue weighted by molar-refractivity contribution is 5.78. The molecular formula is C9H18N2O. The molecule has 12 heavy (non-hydrogen) atoms. The van der Waals surface area contributed by atoms with Crippen LogP contribution in [-0.4, -0.2) is 37.0 Å². The molecule has 0 aromatic heterocycles. The SMILES string of the molecule is CCC(=N)N(C)CC1CCCO1. The minimum absolute atomic E-state index is 0.363. The molecule has 0 amide bonds. The second-order valence-electron chi connectivity index (χ2n) is 3.32. The molecule has 1 saturated heterocycles. The molecule has 0 radical (unpaired) electrons. The van der Waals surface area contributed by atoms with Crippen LogP contribution in [0.2, 0.25) is 0 Å². The number of hydrogen-bond acceptors (Lipinski definition) is 2. The smallest absolute Gasteiger partial charge is 0.0953 e. The Morgan fingerprint density at radius 2 is 2.42 bits per heavy atom. The molecule has 0 aliphatic carbocycles. The van der Waals surface area contributed by atoms with Crippen LogP contribution in [0.1, 0.15) is 26.2 Å². The highest BCUT2D eigenvalue weighted by Gasteiger charge is 2.17. The van der Waals surface area contributed by atoms with E-state index in [1.807, 2.05) is 18.9 Å². The third-order valence-corrected chi connectivity index (χ3v) is 2.30. The number of amidine groups is 1. The fourth-order valence-electron chi connectivity index (χ4n) is 1.47. The largest absolute Gasteiger partial charge is 0.376 e. The van der Waals surface area contributed by atoms with E-state index >= 15 is 0 Å². The minimum atomic E-state index is 0.363. The second-order valence-corrected chi connectivity index (χ2v) is 3.32. The van der Waals surface area contributed by atoms with Gasteiger partial charge in [-0.15, -0.1) is 0 Å². The normalized spacial score (nSPS) is 22.7. The first-order valence-electron chi connectivity index (χ1n) is 4.64. The van der Waals surface area contributed by atoms with Gasteiger partial charge in [-0.2, -0.15) is 0 Å². The number of likely N-dealkylation sites (N-methyl/N-ethyl adjacent to an activating group) is 1. The third-order valence-electron chi connectivity index (χ3n) is 2.30. The molecule has 3 heteroatoms. The first kappa shape index (κ1) is 9.52. The number of ether oxygens (including phenoxy) is 1. The molecule has 1 rings (SSSR count). The predicted octanol–water partition coefficient (Wildman–Crippen LogP) is 1.48. The quantitative estimate of drug-likeness (QED) is 0.514. The van der Waals surface area contributed by atoms with Gasteiger partial charge >= 0.3 is 0 Å². The zero-order chi connectivity index (χ0) is 8.97. The van der Waals surface area contributed by atoms with Crippen LogP contribution in [0.25, 0.3) is 0 Å². The van der Waals surface area contributed by atoms with E-state index in [9.17, 15) is 0 Å². The van der Waals surface area contributed by atoms with Gasteiger partial charge in [0.15, 0.2) is 0 Å². The molecule has 0 bridgehead atoms.